The number of carbonyl (C=O) groups is 1. The molecule has 2 nitrogen and oxygen atoms in total. The maximum atomic E-state index is 11.9. The first-order valence-corrected chi connectivity index (χ1v) is 6.02. The van der Waals surface area contributed by atoms with Crippen molar-refractivity contribution < 1.29 is 4.79 Å². The van der Waals surface area contributed by atoms with Crippen LogP contribution in [0.25, 0.3) is 0 Å². The lowest BCUT2D eigenvalue weighted by Gasteiger charge is -2.13. The van der Waals surface area contributed by atoms with Gasteiger partial charge in [0.05, 0.1) is 0 Å². The molecule has 0 aromatic heterocycles. The highest BCUT2D eigenvalue weighted by molar-refractivity contribution is 9.10. The van der Waals surface area contributed by atoms with Gasteiger partial charge in [-0.15, -0.1) is 6.58 Å². The van der Waals surface area contributed by atoms with Crippen molar-refractivity contribution in [2.75, 3.05) is 0 Å². The smallest absolute Gasteiger partial charge is 0.251 e. The predicted octanol–water partition coefficient (Wildman–Crippen LogP) is 3.45. The number of carbonyl (C=O) groups excluding carboxylic acids is 1. The monoisotopic (exact) mass is 281 g/mol. The van der Waals surface area contributed by atoms with E-state index in [1.807, 2.05) is 32.0 Å². The summed E-state index contributed by atoms with van der Waals surface area (Å²) in [7, 11) is 0. The molecule has 16 heavy (non-hydrogen) atoms. The van der Waals surface area contributed by atoms with Gasteiger partial charge in [-0.3, -0.25) is 4.79 Å². The van der Waals surface area contributed by atoms with E-state index in [0.29, 0.717) is 5.56 Å². The highest BCUT2D eigenvalue weighted by atomic mass is 79.9. The molecule has 1 atom stereocenters. The van der Waals surface area contributed by atoms with Gasteiger partial charge in [0, 0.05) is 16.1 Å². The van der Waals surface area contributed by atoms with Crippen LogP contribution in [0.4, 0.5) is 0 Å². The normalized spacial score (nSPS) is 11.9. The van der Waals surface area contributed by atoms with Crippen LogP contribution in [0.15, 0.2) is 35.3 Å². The van der Waals surface area contributed by atoms with Gasteiger partial charge < -0.3 is 5.32 Å². The number of hydrogen-bond acceptors (Lipinski definition) is 1. The highest BCUT2D eigenvalue weighted by Gasteiger charge is 2.12. The molecule has 0 radical (unpaired) electrons. The fourth-order valence-electron chi connectivity index (χ4n) is 1.46. The van der Waals surface area contributed by atoms with Gasteiger partial charge in [0.1, 0.15) is 0 Å². The minimum atomic E-state index is -0.0341. The Balaban J connectivity index is 2.81. The van der Waals surface area contributed by atoms with E-state index >= 15 is 0 Å². The van der Waals surface area contributed by atoms with Gasteiger partial charge in [0.2, 0.25) is 0 Å². The zero-order chi connectivity index (χ0) is 12.1. The van der Waals surface area contributed by atoms with E-state index in [-0.39, 0.29) is 11.9 Å². The largest absolute Gasteiger partial charge is 0.349 e. The Morgan fingerprint density at radius 3 is 2.94 bits per heavy atom. The van der Waals surface area contributed by atoms with Gasteiger partial charge in [-0.2, -0.15) is 0 Å². The molecule has 3 heteroatoms. The van der Waals surface area contributed by atoms with E-state index in [9.17, 15) is 4.79 Å². The van der Waals surface area contributed by atoms with Gasteiger partial charge in [-0.05, 0) is 38.0 Å². The molecule has 0 aliphatic heterocycles. The summed E-state index contributed by atoms with van der Waals surface area (Å²) >= 11 is 3.42. The average Bonchev–Trinajstić information content (AvgIpc) is 2.22. The summed E-state index contributed by atoms with van der Waals surface area (Å²) in [5.74, 6) is -0.0341. The van der Waals surface area contributed by atoms with Gasteiger partial charge in [-0.1, -0.05) is 28.1 Å². The maximum absolute atomic E-state index is 11.9. The van der Waals surface area contributed by atoms with Crippen LogP contribution in [-0.2, 0) is 0 Å². The number of nitrogens with one attached hydrogen (secondary N) is 1. The molecular formula is C13H16BrNO. The fraction of sp³-hybridized carbons (Fsp3) is 0.308. The molecular weight excluding hydrogens is 266 g/mol. The van der Waals surface area contributed by atoms with Gasteiger partial charge in [0.15, 0.2) is 0 Å². The fourth-order valence-corrected chi connectivity index (χ4v) is 1.83. The third kappa shape index (κ3) is 3.20. The predicted molar refractivity (Wildman–Crippen MR) is 70.6 cm³/mol. The number of amides is 1. The van der Waals surface area contributed by atoms with Crippen molar-refractivity contribution in [3.05, 3.63) is 46.5 Å². The van der Waals surface area contributed by atoms with E-state index in [1.54, 1.807) is 6.08 Å². The highest BCUT2D eigenvalue weighted by Crippen LogP contribution is 2.19. The summed E-state index contributed by atoms with van der Waals surface area (Å²) in [5.41, 5.74) is 1.68. The van der Waals surface area contributed by atoms with Crippen molar-refractivity contribution in [1.29, 1.82) is 0 Å². The first kappa shape index (κ1) is 13.0. The number of halogens is 1. The molecule has 86 valence electrons. The van der Waals surface area contributed by atoms with Crippen molar-refractivity contribution >= 4 is 21.8 Å². The summed E-state index contributed by atoms with van der Waals surface area (Å²) in [5, 5.41) is 2.93. The Hall–Kier alpha value is -1.09. The van der Waals surface area contributed by atoms with Crippen LogP contribution in [-0.4, -0.2) is 11.9 Å². The molecule has 0 saturated carbocycles. The van der Waals surface area contributed by atoms with Gasteiger partial charge >= 0.3 is 0 Å². The van der Waals surface area contributed by atoms with Crippen LogP contribution in [0.2, 0.25) is 0 Å². The van der Waals surface area contributed by atoms with E-state index < -0.39 is 0 Å². The summed E-state index contributed by atoms with van der Waals surface area (Å²) in [6.07, 6.45) is 2.58. The molecule has 1 amide bonds. The topological polar surface area (TPSA) is 29.1 Å². The van der Waals surface area contributed by atoms with Crippen LogP contribution in [0.5, 0.6) is 0 Å². The molecule has 0 aliphatic carbocycles. The Morgan fingerprint density at radius 2 is 2.31 bits per heavy atom. The molecule has 0 spiro atoms. The van der Waals surface area contributed by atoms with Crippen LogP contribution in [0.1, 0.15) is 29.3 Å². The standard InChI is InChI=1S/C13H16BrNO/c1-4-6-9(2)15-13(16)11-7-5-8-12(14)10(11)3/h4-5,7-9H,1,6H2,2-3H3,(H,15,16). The lowest BCUT2D eigenvalue weighted by Crippen LogP contribution is -2.32. The second-order valence-corrected chi connectivity index (χ2v) is 4.67. The molecule has 0 saturated heterocycles. The van der Waals surface area contributed by atoms with Crippen LogP contribution in [0, 0.1) is 6.92 Å². The lowest BCUT2D eigenvalue weighted by molar-refractivity contribution is 0.0940. The van der Waals surface area contributed by atoms with Gasteiger partial charge in [-0.25, -0.2) is 0 Å². The second kappa shape index (κ2) is 5.85. The third-order valence-electron chi connectivity index (χ3n) is 2.41. The van der Waals surface area contributed by atoms with E-state index in [2.05, 4.69) is 27.8 Å². The van der Waals surface area contributed by atoms with Crippen molar-refractivity contribution in [3.8, 4) is 0 Å². The minimum Gasteiger partial charge on any atom is -0.349 e. The van der Waals surface area contributed by atoms with Crippen LogP contribution in [0.3, 0.4) is 0 Å². The SMILES string of the molecule is C=CCC(C)NC(=O)c1cccc(Br)c1C. The quantitative estimate of drug-likeness (QED) is 0.842. The summed E-state index contributed by atoms with van der Waals surface area (Å²) in [4.78, 5) is 11.9. The Bertz CT molecular complexity index is 401. The minimum absolute atomic E-state index is 0.0341. The third-order valence-corrected chi connectivity index (χ3v) is 3.27. The lowest BCUT2D eigenvalue weighted by atomic mass is 10.1. The molecule has 0 aliphatic rings. The van der Waals surface area contributed by atoms with Crippen molar-refractivity contribution in [1.82, 2.24) is 5.32 Å². The Labute approximate surface area is 105 Å². The molecule has 1 unspecified atom stereocenters. The summed E-state index contributed by atoms with van der Waals surface area (Å²) < 4.78 is 0.955. The van der Waals surface area contributed by atoms with Crippen molar-refractivity contribution in [2.24, 2.45) is 0 Å². The van der Waals surface area contributed by atoms with Crippen LogP contribution < -0.4 is 5.32 Å². The molecule has 1 N–H and O–H groups in total. The zero-order valence-electron chi connectivity index (χ0n) is 9.59. The molecule has 1 aromatic carbocycles. The first-order chi connectivity index (χ1) is 7.56. The number of benzene rings is 1. The molecule has 1 aromatic rings. The van der Waals surface area contributed by atoms with Gasteiger partial charge in [0.25, 0.3) is 5.91 Å². The first-order valence-electron chi connectivity index (χ1n) is 5.23. The maximum Gasteiger partial charge on any atom is 0.251 e. The average molecular weight is 282 g/mol. The Morgan fingerprint density at radius 1 is 1.62 bits per heavy atom. The molecule has 0 heterocycles. The number of rotatable bonds is 4. The van der Waals surface area contributed by atoms with Crippen LogP contribution >= 0.6 is 15.9 Å². The molecule has 0 bridgehead atoms. The second-order valence-electron chi connectivity index (χ2n) is 3.81. The molecule has 0 fully saturated rings. The van der Waals surface area contributed by atoms with E-state index in [4.69, 9.17) is 0 Å². The van der Waals surface area contributed by atoms with Crippen molar-refractivity contribution in [3.63, 3.8) is 0 Å². The van der Waals surface area contributed by atoms with Crippen molar-refractivity contribution in [2.45, 2.75) is 26.3 Å². The van der Waals surface area contributed by atoms with E-state index in [1.165, 1.54) is 0 Å². The van der Waals surface area contributed by atoms with E-state index in [0.717, 1.165) is 16.5 Å². The summed E-state index contributed by atoms with van der Waals surface area (Å²) in [6.45, 7) is 7.55. The Kier molecular flexibility index (Phi) is 4.74. The summed E-state index contributed by atoms with van der Waals surface area (Å²) in [6, 6.07) is 5.74. The molecule has 1 rings (SSSR count). The number of hydrogen-bond donors (Lipinski definition) is 1. The zero-order valence-corrected chi connectivity index (χ0v) is 11.2.